The SMILES string of the molecule is C=S(=O)(c1ccc(F)cc1)[C@@]12CCN(C(=O)CN3CCS(=O)(=O)CC3)[C@@H]1CCc1cc(OCc3c(F)cccc3Cl)ccc12. The van der Waals surface area contributed by atoms with Crippen LogP contribution in [0.5, 0.6) is 5.75 Å². The van der Waals surface area contributed by atoms with E-state index in [1.165, 1.54) is 36.4 Å². The molecule has 2 saturated heterocycles. The number of benzene rings is 3. The summed E-state index contributed by atoms with van der Waals surface area (Å²) in [6.07, 6.45) is 1.48. The molecule has 0 aromatic heterocycles. The summed E-state index contributed by atoms with van der Waals surface area (Å²) >= 11 is 6.18. The zero-order chi connectivity index (χ0) is 31.3. The monoisotopic (exact) mass is 662 g/mol. The van der Waals surface area contributed by atoms with Crippen LogP contribution in [-0.2, 0) is 41.9 Å². The van der Waals surface area contributed by atoms with Gasteiger partial charge >= 0.3 is 0 Å². The zero-order valence-electron chi connectivity index (χ0n) is 24.0. The molecule has 0 spiro atoms. The number of nitrogens with zero attached hydrogens (tertiary/aromatic N) is 2. The van der Waals surface area contributed by atoms with Crippen LogP contribution in [0.15, 0.2) is 65.6 Å². The van der Waals surface area contributed by atoms with Gasteiger partial charge in [0.25, 0.3) is 0 Å². The number of sulfone groups is 1. The fraction of sp³-hybridized carbons (Fsp3) is 0.375. The average Bonchev–Trinajstić information content (AvgIpc) is 3.40. The predicted molar refractivity (Wildman–Crippen MR) is 167 cm³/mol. The van der Waals surface area contributed by atoms with E-state index in [4.69, 9.17) is 16.3 Å². The Kier molecular flexibility index (Phi) is 8.28. The quantitative estimate of drug-likeness (QED) is 0.348. The normalized spacial score (nSPS) is 24.2. The highest BCUT2D eigenvalue weighted by molar-refractivity contribution is 8.01. The Labute approximate surface area is 261 Å². The second kappa shape index (κ2) is 11.7. The van der Waals surface area contributed by atoms with Crippen LogP contribution in [0.3, 0.4) is 0 Å². The van der Waals surface area contributed by atoms with Crippen molar-refractivity contribution in [3.63, 3.8) is 0 Å². The van der Waals surface area contributed by atoms with Crippen LogP contribution in [-0.4, -0.2) is 77.9 Å². The smallest absolute Gasteiger partial charge is 0.237 e. The molecule has 0 N–H and O–H groups in total. The van der Waals surface area contributed by atoms with Gasteiger partial charge in [0, 0.05) is 39.6 Å². The Hall–Kier alpha value is -2.99. The number of likely N-dealkylation sites (tertiary alicyclic amines) is 1. The number of aryl methyl sites for hydroxylation is 1. The third-order valence-electron chi connectivity index (χ3n) is 9.20. The lowest BCUT2D eigenvalue weighted by Gasteiger charge is -2.45. The van der Waals surface area contributed by atoms with Gasteiger partial charge in [0.15, 0.2) is 9.84 Å². The first-order chi connectivity index (χ1) is 20.9. The van der Waals surface area contributed by atoms with Crippen molar-refractivity contribution in [1.29, 1.82) is 0 Å². The molecule has 44 heavy (non-hydrogen) atoms. The average molecular weight is 663 g/mol. The summed E-state index contributed by atoms with van der Waals surface area (Å²) in [5.41, 5.74) is 1.94. The van der Waals surface area contributed by atoms with Crippen LogP contribution >= 0.6 is 11.6 Å². The molecule has 0 bridgehead atoms. The van der Waals surface area contributed by atoms with Gasteiger partial charge in [-0.3, -0.25) is 13.9 Å². The molecule has 3 aromatic carbocycles. The standard InChI is InChI=1S/C32H33ClF2N2O5S2/c1-43(39,25-9-6-23(34)7-10-25)32-13-14-37(31(38)20-36-15-17-44(40,41)18-16-36)30(32)12-5-22-19-24(8-11-27(22)32)42-21-26-28(33)3-2-4-29(26)35/h2-4,6-11,19,30H,1,5,12-18,20-21H2/t30-,32-,43?/m1/s1. The third-order valence-corrected chi connectivity index (χ3v) is 14.1. The van der Waals surface area contributed by atoms with Crippen LogP contribution in [0.4, 0.5) is 8.78 Å². The number of halogens is 3. The van der Waals surface area contributed by atoms with Gasteiger partial charge in [-0.1, -0.05) is 23.7 Å². The van der Waals surface area contributed by atoms with Crippen LogP contribution in [0.2, 0.25) is 5.02 Å². The number of rotatable bonds is 7. The van der Waals surface area contributed by atoms with E-state index in [2.05, 4.69) is 5.87 Å². The number of ether oxygens (including phenoxy) is 1. The maximum absolute atomic E-state index is 15.0. The Balaban J connectivity index is 1.34. The number of carbonyl (C=O) groups is 1. The number of carbonyl (C=O) groups excluding carboxylic acids is 1. The summed E-state index contributed by atoms with van der Waals surface area (Å²) in [7, 11) is -6.23. The topological polar surface area (TPSA) is 84.0 Å². The molecular formula is C32H33ClF2N2O5S2. The number of amides is 1. The molecule has 2 heterocycles. The van der Waals surface area contributed by atoms with Crippen molar-refractivity contribution < 1.29 is 30.9 Å². The minimum atomic E-state index is -3.15. The van der Waals surface area contributed by atoms with Gasteiger partial charge in [-0.2, -0.15) is 0 Å². The van der Waals surface area contributed by atoms with Gasteiger partial charge < -0.3 is 9.64 Å². The summed E-state index contributed by atoms with van der Waals surface area (Å²) in [6, 6.07) is 15.0. The molecule has 234 valence electrons. The Morgan fingerprint density at radius 1 is 1.07 bits per heavy atom. The third kappa shape index (κ3) is 5.52. The molecule has 2 fully saturated rings. The fourth-order valence-corrected chi connectivity index (χ4v) is 11.0. The van der Waals surface area contributed by atoms with E-state index in [-0.39, 0.29) is 41.2 Å². The van der Waals surface area contributed by atoms with Crippen LogP contribution < -0.4 is 4.74 Å². The van der Waals surface area contributed by atoms with Crippen molar-refractivity contribution in [2.45, 2.75) is 41.6 Å². The van der Waals surface area contributed by atoms with Crippen molar-refractivity contribution in [2.24, 2.45) is 0 Å². The molecule has 1 amide bonds. The van der Waals surface area contributed by atoms with Gasteiger partial charge in [0.1, 0.15) is 24.0 Å². The van der Waals surface area contributed by atoms with E-state index in [0.717, 1.165) is 11.1 Å². The van der Waals surface area contributed by atoms with Crippen LogP contribution in [0.1, 0.15) is 29.5 Å². The molecule has 7 nitrogen and oxygen atoms in total. The minimum Gasteiger partial charge on any atom is -0.489 e. The first-order valence-corrected chi connectivity index (χ1v) is 18.4. The predicted octanol–water partition coefficient (Wildman–Crippen LogP) is 4.45. The Bertz CT molecular complexity index is 1780. The van der Waals surface area contributed by atoms with Crippen LogP contribution in [0, 0.1) is 11.6 Å². The molecule has 2 aliphatic heterocycles. The second-order valence-electron chi connectivity index (χ2n) is 11.6. The van der Waals surface area contributed by atoms with Crippen molar-refractivity contribution >= 4 is 42.7 Å². The fourth-order valence-electron chi connectivity index (χ4n) is 6.88. The Morgan fingerprint density at radius 2 is 1.80 bits per heavy atom. The number of fused-ring (bicyclic) bond motifs is 3. The minimum absolute atomic E-state index is 0.0197. The lowest BCUT2D eigenvalue weighted by molar-refractivity contribution is -0.133. The molecule has 1 unspecified atom stereocenters. The summed E-state index contributed by atoms with van der Waals surface area (Å²) in [5.74, 6) is 3.75. The summed E-state index contributed by atoms with van der Waals surface area (Å²) in [5, 5.41) is 0.266. The molecule has 3 aromatic rings. The molecular weight excluding hydrogens is 630 g/mol. The van der Waals surface area contributed by atoms with E-state index in [1.807, 2.05) is 17.0 Å². The highest BCUT2D eigenvalue weighted by Crippen LogP contribution is 2.53. The summed E-state index contributed by atoms with van der Waals surface area (Å²) in [4.78, 5) is 17.8. The first-order valence-electron chi connectivity index (χ1n) is 14.4. The molecule has 3 atom stereocenters. The van der Waals surface area contributed by atoms with Crippen molar-refractivity contribution in [1.82, 2.24) is 9.80 Å². The Morgan fingerprint density at radius 3 is 2.50 bits per heavy atom. The lowest BCUT2D eigenvalue weighted by Crippen LogP contribution is -2.54. The van der Waals surface area contributed by atoms with Gasteiger partial charge in [0.05, 0.1) is 33.9 Å². The van der Waals surface area contributed by atoms with Crippen molar-refractivity contribution in [2.75, 3.05) is 37.7 Å². The molecule has 6 rings (SSSR count). The van der Waals surface area contributed by atoms with E-state index in [1.54, 1.807) is 17.0 Å². The lowest BCUT2D eigenvalue weighted by atomic mass is 9.78. The van der Waals surface area contributed by atoms with E-state index >= 15 is 0 Å². The number of hydrogen-bond donors (Lipinski definition) is 0. The van der Waals surface area contributed by atoms with Gasteiger partial charge in [-0.15, -0.1) is 0 Å². The molecule has 3 aliphatic rings. The molecule has 0 radical (unpaired) electrons. The van der Waals surface area contributed by atoms with Crippen molar-refractivity contribution in [3.05, 3.63) is 94.0 Å². The maximum atomic E-state index is 15.0. The maximum Gasteiger partial charge on any atom is 0.237 e. The summed E-state index contributed by atoms with van der Waals surface area (Å²) < 4.78 is 71.9. The largest absolute Gasteiger partial charge is 0.489 e. The second-order valence-corrected chi connectivity index (χ2v) is 16.9. The highest BCUT2D eigenvalue weighted by Gasteiger charge is 2.58. The van der Waals surface area contributed by atoms with E-state index in [0.29, 0.717) is 49.5 Å². The number of hydrogen-bond acceptors (Lipinski definition) is 6. The highest BCUT2D eigenvalue weighted by atomic mass is 35.5. The molecule has 12 heteroatoms. The van der Waals surface area contributed by atoms with Gasteiger partial charge in [-0.05, 0) is 84.8 Å². The van der Waals surface area contributed by atoms with Gasteiger partial charge in [-0.25, -0.2) is 17.2 Å². The van der Waals surface area contributed by atoms with E-state index in [9.17, 15) is 26.2 Å². The first kappa shape index (κ1) is 31.0. The molecule has 0 saturated carbocycles. The van der Waals surface area contributed by atoms with Gasteiger partial charge in [0.2, 0.25) is 5.91 Å². The van der Waals surface area contributed by atoms with E-state index < -0.39 is 41.8 Å². The van der Waals surface area contributed by atoms with Crippen molar-refractivity contribution in [3.8, 4) is 5.75 Å². The van der Waals surface area contributed by atoms with Crippen LogP contribution in [0.25, 0.3) is 0 Å². The summed E-state index contributed by atoms with van der Waals surface area (Å²) in [6.45, 7) is 0.952. The molecule has 1 aliphatic carbocycles. The zero-order valence-corrected chi connectivity index (χ0v) is 26.4.